The number of carbonyl (C=O) groups is 1. The Morgan fingerprint density at radius 3 is 2.59 bits per heavy atom. The van der Waals surface area contributed by atoms with Crippen LogP contribution >= 0.6 is 0 Å². The van der Waals surface area contributed by atoms with E-state index in [1.165, 1.54) is 18.4 Å². The van der Waals surface area contributed by atoms with Gasteiger partial charge in [0.05, 0.1) is 17.5 Å². The van der Waals surface area contributed by atoms with Crippen LogP contribution in [0.3, 0.4) is 0 Å². The van der Waals surface area contributed by atoms with Crippen LogP contribution in [-0.2, 0) is 0 Å². The predicted octanol–water partition coefficient (Wildman–Crippen LogP) is 4.05. The molecule has 0 aliphatic heterocycles. The molecule has 0 fully saturated rings. The van der Waals surface area contributed by atoms with Gasteiger partial charge in [-0.2, -0.15) is 5.10 Å². The second-order valence-electron chi connectivity index (χ2n) is 5.00. The number of aryl methyl sites for hydroxylation is 1. The summed E-state index contributed by atoms with van der Waals surface area (Å²) in [5.41, 5.74) is 4.54. The predicted molar refractivity (Wildman–Crippen MR) is 83.4 cm³/mol. The zero-order valence-electron chi connectivity index (χ0n) is 12.7. The molecule has 2 rings (SSSR count). The van der Waals surface area contributed by atoms with Crippen molar-refractivity contribution in [3.05, 3.63) is 59.3 Å². The summed E-state index contributed by atoms with van der Waals surface area (Å²) in [5.74, 6) is -0.0661. The number of hydrogen-bond acceptors (Lipinski definition) is 3. The molecule has 0 bridgehead atoms. The Morgan fingerprint density at radius 1 is 1.27 bits per heavy atom. The molecular formula is C17H19FN2O2. The molecule has 0 radical (unpaired) electrons. The zero-order valence-corrected chi connectivity index (χ0v) is 12.7. The Morgan fingerprint density at radius 2 is 2.00 bits per heavy atom. The van der Waals surface area contributed by atoms with E-state index in [0.717, 1.165) is 24.1 Å². The summed E-state index contributed by atoms with van der Waals surface area (Å²) >= 11 is 0. The lowest BCUT2D eigenvalue weighted by molar-refractivity contribution is 0.0953. The van der Waals surface area contributed by atoms with E-state index >= 15 is 0 Å². The van der Waals surface area contributed by atoms with Crippen molar-refractivity contribution in [2.24, 2.45) is 5.10 Å². The zero-order chi connectivity index (χ0) is 15.9. The molecule has 0 saturated heterocycles. The average Bonchev–Trinajstić information content (AvgIpc) is 2.94. The molecule has 0 spiro atoms. The number of hydrazone groups is 1. The molecule has 5 heteroatoms. The van der Waals surface area contributed by atoms with Gasteiger partial charge in [-0.25, -0.2) is 9.82 Å². The van der Waals surface area contributed by atoms with Crippen molar-refractivity contribution in [3.8, 4) is 0 Å². The third-order valence-corrected chi connectivity index (χ3v) is 3.34. The quantitative estimate of drug-likeness (QED) is 0.646. The smallest absolute Gasteiger partial charge is 0.274 e. The lowest BCUT2D eigenvalue weighted by Crippen LogP contribution is -2.20. The molecule has 0 aliphatic rings. The Hall–Kier alpha value is -2.43. The first-order valence-electron chi connectivity index (χ1n) is 7.28. The fourth-order valence-corrected chi connectivity index (χ4v) is 2.05. The van der Waals surface area contributed by atoms with Crippen molar-refractivity contribution in [1.82, 2.24) is 5.43 Å². The van der Waals surface area contributed by atoms with Crippen molar-refractivity contribution < 1.29 is 13.6 Å². The van der Waals surface area contributed by atoms with Gasteiger partial charge in [0.15, 0.2) is 0 Å². The van der Waals surface area contributed by atoms with Crippen LogP contribution in [-0.4, -0.2) is 11.6 Å². The topological polar surface area (TPSA) is 54.6 Å². The molecule has 1 aromatic heterocycles. The molecule has 1 N–H and O–H groups in total. The van der Waals surface area contributed by atoms with Gasteiger partial charge in [-0.05, 0) is 43.5 Å². The van der Waals surface area contributed by atoms with Gasteiger partial charge in [-0.15, -0.1) is 0 Å². The average molecular weight is 302 g/mol. The molecule has 0 atom stereocenters. The van der Waals surface area contributed by atoms with E-state index < -0.39 is 0 Å². The minimum absolute atomic E-state index is 0.295. The second kappa shape index (κ2) is 7.54. The number of benzene rings is 1. The third kappa shape index (κ3) is 4.04. The number of rotatable bonds is 6. The molecule has 116 valence electrons. The van der Waals surface area contributed by atoms with Crippen LogP contribution in [0, 0.1) is 12.7 Å². The van der Waals surface area contributed by atoms with E-state index in [2.05, 4.69) is 17.5 Å². The fraction of sp³-hybridized carbons (Fsp3) is 0.294. The number of hydrogen-bond donors (Lipinski definition) is 1. The molecule has 22 heavy (non-hydrogen) atoms. The van der Waals surface area contributed by atoms with Gasteiger partial charge in [0.1, 0.15) is 11.6 Å². The van der Waals surface area contributed by atoms with Gasteiger partial charge < -0.3 is 4.42 Å². The highest BCUT2D eigenvalue weighted by atomic mass is 19.1. The second-order valence-corrected chi connectivity index (χ2v) is 5.00. The summed E-state index contributed by atoms with van der Waals surface area (Å²) in [6.07, 6.45) is 4.13. The first kappa shape index (κ1) is 15.9. The van der Waals surface area contributed by atoms with Gasteiger partial charge in [0, 0.05) is 0 Å². The first-order valence-corrected chi connectivity index (χ1v) is 7.28. The summed E-state index contributed by atoms with van der Waals surface area (Å²) < 4.78 is 18.1. The van der Waals surface area contributed by atoms with Crippen molar-refractivity contribution >= 4 is 11.6 Å². The molecule has 2 aromatic rings. The Labute approximate surface area is 129 Å². The van der Waals surface area contributed by atoms with Crippen LogP contribution < -0.4 is 5.43 Å². The van der Waals surface area contributed by atoms with Crippen molar-refractivity contribution in [3.63, 3.8) is 0 Å². The van der Waals surface area contributed by atoms with Crippen molar-refractivity contribution in [2.75, 3.05) is 0 Å². The SMILES string of the molecule is CCCC/C(=N/NC(=O)c1ccoc1C)c1ccc(F)cc1. The minimum atomic E-state index is -0.317. The highest BCUT2D eigenvalue weighted by Crippen LogP contribution is 2.11. The highest BCUT2D eigenvalue weighted by molar-refractivity contribution is 6.02. The number of nitrogens with zero attached hydrogens (tertiary/aromatic N) is 1. The van der Waals surface area contributed by atoms with Crippen LogP contribution in [0.2, 0.25) is 0 Å². The number of unbranched alkanes of at least 4 members (excludes halogenated alkanes) is 1. The Balaban J connectivity index is 2.16. The van der Waals surface area contributed by atoms with Gasteiger partial charge in [0.25, 0.3) is 5.91 Å². The first-order chi connectivity index (χ1) is 10.6. The summed E-state index contributed by atoms with van der Waals surface area (Å²) in [4.78, 5) is 12.1. The number of carbonyl (C=O) groups excluding carboxylic acids is 1. The summed E-state index contributed by atoms with van der Waals surface area (Å²) in [6.45, 7) is 3.80. The maximum atomic E-state index is 13.0. The largest absolute Gasteiger partial charge is 0.469 e. The van der Waals surface area contributed by atoms with E-state index in [9.17, 15) is 9.18 Å². The van der Waals surface area contributed by atoms with E-state index in [-0.39, 0.29) is 11.7 Å². The molecule has 0 unspecified atom stereocenters. The molecule has 4 nitrogen and oxygen atoms in total. The van der Waals surface area contributed by atoms with Gasteiger partial charge >= 0.3 is 0 Å². The number of nitrogens with one attached hydrogen (secondary N) is 1. The summed E-state index contributed by atoms with van der Waals surface area (Å²) in [6, 6.07) is 7.71. The van der Waals surface area contributed by atoms with Crippen molar-refractivity contribution in [2.45, 2.75) is 33.1 Å². The lowest BCUT2D eigenvalue weighted by atomic mass is 10.1. The Bertz CT molecular complexity index is 660. The Kier molecular flexibility index (Phi) is 5.47. The molecular weight excluding hydrogens is 283 g/mol. The molecule has 1 aromatic carbocycles. The standard InChI is InChI=1S/C17H19FN2O2/c1-3-4-5-16(13-6-8-14(18)9-7-13)19-20-17(21)15-10-11-22-12(15)2/h6-11H,3-5H2,1-2H3,(H,20,21)/b19-16-. The van der Waals surface area contributed by atoms with E-state index in [4.69, 9.17) is 4.42 Å². The third-order valence-electron chi connectivity index (χ3n) is 3.34. The van der Waals surface area contributed by atoms with Crippen molar-refractivity contribution in [1.29, 1.82) is 0 Å². The van der Waals surface area contributed by atoms with Gasteiger partial charge in [-0.1, -0.05) is 25.5 Å². The van der Waals surface area contributed by atoms with E-state index in [1.54, 1.807) is 25.1 Å². The molecule has 0 aliphatic carbocycles. The number of furan rings is 1. The van der Waals surface area contributed by atoms with Gasteiger partial charge in [0.2, 0.25) is 0 Å². The van der Waals surface area contributed by atoms with E-state index in [1.807, 2.05) is 0 Å². The summed E-state index contributed by atoms with van der Waals surface area (Å²) in [5, 5.41) is 4.21. The minimum Gasteiger partial charge on any atom is -0.469 e. The highest BCUT2D eigenvalue weighted by Gasteiger charge is 2.11. The molecule has 1 heterocycles. The number of amides is 1. The maximum Gasteiger partial charge on any atom is 0.274 e. The monoisotopic (exact) mass is 302 g/mol. The lowest BCUT2D eigenvalue weighted by Gasteiger charge is -2.07. The van der Waals surface area contributed by atoms with Crippen LogP contribution in [0.25, 0.3) is 0 Å². The maximum absolute atomic E-state index is 13.0. The molecule has 1 amide bonds. The fourth-order valence-electron chi connectivity index (χ4n) is 2.05. The normalized spacial score (nSPS) is 11.5. The number of halogens is 1. The van der Waals surface area contributed by atoms with Crippen LogP contribution in [0.1, 0.15) is 47.9 Å². The summed E-state index contributed by atoms with van der Waals surface area (Å²) in [7, 11) is 0. The van der Waals surface area contributed by atoms with Crippen LogP contribution in [0.4, 0.5) is 4.39 Å². The van der Waals surface area contributed by atoms with E-state index in [0.29, 0.717) is 17.7 Å². The molecule has 0 saturated carbocycles. The van der Waals surface area contributed by atoms with Crippen LogP contribution in [0.5, 0.6) is 0 Å². The van der Waals surface area contributed by atoms with Gasteiger partial charge in [-0.3, -0.25) is 4.79 Å². The van der Waals surface area contributed by atoms with Crippen LogP contribution in [0.15, 0.2) is 46.1 Å².